The first-order valence-corrected chi connectivity index (χ1v) is 10.2. The fourth-order valence-corrected chi connectivity index (χ4v) is 3.49. The molecule has 0 spiro atoms. The number of amides is 2. The highest BCUT2D eigenvalue weighted by molar-refractivity contribution is 9.09. The van der Waals surface area contributed by atoms with E-state index in [1.165, 1.54) is 49.8 Å². The second-order valence-corrected chi connectivity index (χ2v) is 7.87. The predicted octanol–water partition coefficient (Wildman–Crippen LogP) is 5.58. The fraction of sp³-hybridized carbons (Fsp3) is 0.600. The molecule has 0 bridgehead atoms. The van der Waals surface area contributed by atoms with Crippen molar-refractivity contribution in [2.45, 2.75) is 69.5 Å². The second kappa shape index (κ2) is 9.97. The van der Waals surface area contributed by atoms with Crippen LogP contribution in [0.5, 0.6) is 0 Å². The van der Waals surface area contributed by atoms with E-state index in [4.69, 9.17) is 0 Å². The summed E-state index contributed by atoms with van der Waals surface area (Å²) in [6.45, 7) is 2.77. The number of carbonyl (C=O) groups excluding carboxylic acids is 2. The molecule has 0 N–H and O–H groups in total. The first-order valence-electron chi connectivity index (χ1n) is 9.24. The van der Waals surface area contributed by atoms with Gasteiger partial charge in [-0.3, -0.25) is 14.5 Å². The molecular weight excluding hydrogens is 366 g/mol. The summed E-state index contributed by atoms with van der Waals surface area (Å²) in [4.78, 5) is 26.5. The van der Waals surface area contributed by atoms with E-state index >= 15 is 0 Å². The van der Waals surface area contributed by atoms with Gasteiger partial charge in [0.15, 0.2) is 0 Å². The van der Waals surface area contributed by atoms with E-state index < -0.39 is 0 Å². The molecule has 0 saturated heterocycles. The van der Waals surface area contributed by atoms with Crippen molar-refractivity contribution in [1.82, 2.24) is 4.90 Å². The lowest BCUT2D eigenvalue weighted by Gasteiger charge is -2.13. The molecule has 1 heterocycles. The monoisotopic (exact) mass is 393 g/mol. The van der Waals surface area contributed by atoms with Gasteiger partial charge in [0.25, 0.3) is 11.8 Å². The van der Waals surface area contributed by atoms with Gasteiger partial charge in [-0.15, -0.1) is 0 Å². The van der Waals surface area contributed by atoms with Crippen LogP contribution in [0.4, 0.5) is 0 Å². The summed E-state index contributed by atoms with van der Waals surface area (Å²) in [6, 6.07) is 7.11. The zero-order valence-corrected chi connectivity index (χ0v) is 16.2. The van der Waals surface area contributed by atoms with Crippen LogP contribution in [-0.4, -0.2) is 28.1 Å². The Morgan fingerprint density at radius 2 is 1.38 bits per heavy atom. The van der Waals surface area contributed by atoms with Crippen molar-refractivity contribution in [2.75, 3.05) is 6.54 Å². The van der Waals surface area contributed by atoms with Crippen LogP contribution in [0.25, 0.3) is 0 Å². The Morgan fingerprint density at radius 1 is 0.875 bits per heavy atom. The minimum absolute atomic E-state index is 0.129. The average molecular weight is 394 g/mol. The molecule has 2 amide bonds. The Hall–Kier alpha value is -1.16. The maximum absolute atomic E-state index is 12.2. The molecule has 4 heteroatoms. The Bertz CT molecular complexity index is 523. The molecule has 1 aliphatic rings. The summed E-state index contributed by atoms with van der Waals surface area (Å²) in [7, 11) is 0. The van der Waals surface area contributed by atoms with Crippen LogP contribution in [0.1, 0.15) is 85.4 Å². The number of imide groups is 1. The normalized spacial score (nSPS) is 15.0. The molecule has 0 radical (unpaired) electrons. The van der Waals surface area contributed by atoms with Crippen LogP contribution in [-0.2, 0) is 0 Å². The van der Waals surface area contributed by atoms with E-state index in [1.807, 2.05) is 12.1 Å². The van der Waals surface area contributed by atoms with Crippen molar-refractivity contribution < 1.29 is 9.59 Å². The van der Waals surface area contributed by atoms with Gasteiger partial charge in [-0.25, -0.2) is 0 Å². The van der Waals surface area contributed by atoms with Crippen molar-refractivity contribution >= 4 is 27.7 Å². The molecule has 132 valence electrons. The largest absolute Gasteiger partial charge is 0.274 e. The number of halogens is 1. The SMILES string of the molecule is CCC(Br)CCCCCCCCCN1C(=O)c2ccccc2C1=O. The zero-order valence-electron chi connectivity index (χ0n) is 14.6. The van der Waals surface area contributed by atoms with Gasteiger partial charge < -0.3 is 0 Å². The molecule has 3 nitrogen and oxygen atoms in total. The first-order chi connectivity index (χ1) is 11.6. The third kappa shape index (κ3) is 5.17. The molecule has 1 aliphatic heterocycles. The van der Waals surface area contributed by atoms with Crippen LogP contribution < -0.4 is 0 Å². The van der Waals surface area contributed by atoms with Crippen LogP contribution >= 0.6 is 15.9 Å². The van der Waals surface area contributed by atoms with Crippen molar-refractivity contribution in [3.05, 3.63) is 35.4 Å². The van der Waals surface area contributed by atoms with Gasteiger partial charge in [-0.05, 0) is 31.4 Å². The van der Waals surface area contributed by atoms with Crippen LogP contribution in [0.2, 0.25) is 0 Å². The first kappa shape index (κ1) is 19.2. The smallest absolute Gasteiger partial charge is 0.261 e. The molecule has 2 rings (SSSR count). The molecule has 0 saturated carbocycles. The van der Waals surface area contributed by atoms with Gasteiger partial charge in [-0.2, -0.15) is 0 Å². The van der Waals surface area contributed by atoms with Gasteiger partial charge in [0.1, 0.15) is 0 Å². The van der Waals surface area contributed by atoms with Gasteiger partial charge >= 0.3 is 0 Å². The quantitative estimate of drug-likeness (QED) is 0.279. The molecule has 1 unspecified atom stereocenters. The summed E-state index contributed by atoms with van der Waals surface area (Å²) >= 11 is 3.67. The maximum Gasteiger partial charge on any atom is 0.261 e. The third-order valence-corrected chi connectivity index (χ3v) is 5.83. The molecule has 0 aliphatic carbocycles. The standard InChI is InChI=1S/C20H28BrNO2/c1-2-16(21)12-8-6-4-3-5-7-11-15-22-19(23)17-13-9-10-14-18(17)20(22)24/h9-10,13-14,16H,2-8,11-12,15H2,1H3. The highest BCUT2D eigenvalue weighted by Gasteiger charge is 2.34. The van der Waals surface area contributed by atoms with E-state index in [0.29, 0.717) is 22.5 Å². The number of unbranched alkanes of at least 4 members (excludes halogenated alkanes) is 6. The van der Waals surface area contributed by atoms with Crippen molar-refractivity contribution in [3.8, 4) is 0 Å². The summed E-state index contributed by atoms with van der Waals surface area (Å²) < 4.78 is 0. The predicted molar refractivity (Wildman–Crippen MR) is 102 cm³/mol. The number of rotatable bonds is 11. The number of nitrogens with zero attached hydrogens (tertiary/aromatic N) is 1. The zero-order chi connectivity index (χ0) is 17.4. The highest BCUT2D eigenvalue weighted by atomic mass is 79.9. The Morgan fingerprint density at radius 3 is 1.92 bits per heavy atom. The summed E-state index contributed by atoms with van der Waals surface area (Å²) in [5.74, 6) is -0.258. The summed E-state index contributed by atoms with van der Waals surface area (Å²) in [6.07, 6.45) is 10.8. The molecule has 24 heavy (non-hydrogen) atoms. The number of fused-ring (bicyclic) bond motifs is 1. The van der Waals surface area contributed by atoms with Crippen LogP contribution in [0.15, 0.2) is 24.3 Å². The van der Waals surface area contributed by atoms with E-state index in [0.717, 1.165) is 12.8 Å². The maximum atomic E-state index is 12.2. The molecule has 0 fully saturated rings. The Balaban J connectivity index is 1.56. The lowest BCUT2D eigenvalue weighted by molar-refractivity contribution is 0.0651. The lowest BCUT2D eigenvalue weighted by atomic mass is 10.1. The molecule has 1 aromatic carbocycles. The van der Waals surface area contributed by atoms with Crippen molar-refractivity contribution in [1.29, 1.82) is 0 Å². The van der Waals surface area contributed by atoms with Gasteiger partial charge in [0.05, 0.1) is 11.1 Å². The molecule has 0 aromatic heterocycles. The number of carbonyl (C=O) groups is 2. The number of alkyl halides is 1. The minimum atomic E-state index is -0.129. The summed E-state index contributed by atoms with van der Waals surface area (Å²) in [5, 5.41) is 0. The van der Waals surface area contributed by atoms with Crippen molar-refractivity contribution in [3.63, 3.8) is 0 Å². The summed E-state index contributed by atoms with van der Waals surface area (Å²) in [5.41, 5.74) is 1.11. The van der Waals surface area contributed by atoms with E-state index in [2.05, 4.69) is 22.9 Å². The van der Waals surface area contributed by atoms with Gasteiger partial charge in [0.2, 0.25) is 0 Å². The second-order valence-electron chi connectivity index (χ2n) is 6.58. The number of hydrogen-bond donors (Lipinski definition) is 0. The van der Waals surface area contributed by atoms with Gasteiger partial charge in [0, 0.05) is 11.4 Å². The van der Waals surface area contributed by atoms with E-state index in [9.17, 15) is 9.59 Å². The lowest BCUT2D eigenvalue weighted by Crippen LogP contribution is -2.30. The van der Waals surface area contributed by atoms with E-state index in [-0.39, 0.29) is 11.8 Å². The van der Waals surface area contributed by atoms with Crippen molar-refractivity contribution in [2.24, 2.45) is 0 Å². The molecular formula is C20H28BrNO2. The third-order valence-electron chi connectivity index (χ3n) is 4.72. The Labute approximate surface area is 153 Å². The molecule has 1 aromatic rings. The topological polar surface area (TPSA) is 37.4 Å². The van der Waals surface area contributed by atoms with Gasteiger partial charge in [-0.1, -0.05) is 73.5 Å². The Kier molecular flexibility index (Phi) is 7.97. The highest BCUT2D eigenvalue weighted by Crippen LogP contribution is 2.23. The van der Waals surface area contributed by atoms with Crippen LogP contribution in [0, 0.1) is 0 Å². The molecule has 1 atom stereocenters. The van der Waals surface area contributed by atoms with E-state index in [1.54, 1.807) is 12.1 Å². The average Bonchev–Trinajstić information content (AvgIpc) is 2.85. The number of hydrogen-bond acceptors (Lipinski definition) is 2. The van der Waals surface area contributed by atoms with Crippen LogP contribution in [0.3, 0.4) is 0 Å². The minimum Gasteiger partial charge on any atom is -0.274 e. The fourth-order valence-electron chi connectivity index (χ4n) is 3.17. The number of benzene rings is 1.